The number of carbonyl (C=O) groups is 1. The van der Waals surface area contributed by atoms with Crippen molar-refractivity contribution in [3.05, 3.63) is 28.7 Å². The van der Waals surface area contributed by atoms with Gasteiger partial charge >= 0.3 is 0 Å². The highest BCUT2D eigenvalue weighted by atomic mass is 32.1. The summed E-state index contributed by atoms with van der Waals surface area (Å²) in [6, 6.07) is 0. The molecule has 0 spiro atoms. The van der Waals surface area contributed by atoms with Gasteiger partial charge < -0.3 is 9.73 Å². The number of aromatic nitrogens is 4. The van der Waals surface area contributed by atoms with E-state index in [-0.39, 0.29) is 17.3 Å². The summed E-state index contributed by atoms with van der Waals surface area (Å²) in [6.07, 6.45) is 3.26. The summed E-state index contributed by atoms with van der Waals surface area (Å²) in [6.45, 7) is 5.14. The summed E-state index contributed by atoms with van der Waals surface area (Å²) >= 11 is 4.74. The van der Waals surface area contributed by atoms with Crippen molar-refractivity contribution in [3.8, 4) is 0 Å². The Balaban J connectivity index is 1.92. The van der Waals surface area contributed by atoms with E-state index in [2.05, 4.69) is 34.5 Å². The Labute approximate surface area is 115 Å². The molecule has 2 aromatic rings. The van der Waals surface area contributed by atoms with E-state index in [1.54, 1.807) is 10.9 Å². The minimum atomic E-state index is -0.223. The van der Waals surface area contributed by atoms with Crippen molar-refractivity contribution in [1.82, 2.24) is 25.3 Å². The predicted octanol–water partition coefficient (Wildman–Crippen LogP) is 1.51. The van der Waals surface area contributed by atoms with Gasteiger partial charge in [0.25, 0.3) is 10.7 Å². The molecule has 0 bridgehead atoms. The molecule has 8 heteroatoms. The van der Waals surface area contributed by atoms with Gasteiger partial charge in [-0.1, -0.05) is 13.8 Å². The fourth-order valence-corrected chi connectivity index (χ4v) is 1.69. The van der Waals surface area contributed by atoms with Gasteiger partial charge in [-0.3, -0.25) is 9.48 Å². The van der Waals surface area contributed by atoms with Crippen molar-refractivity contribution in [2.75, 3.05) is 0 Å². The Kier molecular flexibility index (Phi) is 4.10. The van der Waals surface area contributed by atoms with E-state index >= 15 is 0 Å². The number of rotatable bonds is 5. The zero-order valence-electron chi connectivity index (χ0n) is 10.7. The molecular formula is C11H15N5O2S. The molecule has 0 fully saturated rings. The summed E-state index contributed by atoms with van der Waals surface area (Å²) in [5, 5.41) is 13.1. The highest BCUT2D eigenvalue weighted by molar-refractivity contribution is 7.71. The van der Waals surface area contributed by atoms with Gasteiger partial charge in [-0.15, -0.1) is 5.10 Å². The van der Waals surface area contributed by atoms with E-state index in [1.807, 2.05) is 0 Å². The standard InChI is InChI=1S/C11H15N5O2S/c1-7(2)5-16-6-8(3-13-16)10(17)12-4-9-14-15-11(19)18-9/h3,6-7H,4-5H2,1-2H3,(H,12,17)(H,15,19). The van der Waals surface area contributed by atoms with E-state index in [0.29, 0.717) is 17.4 Å². The molecular weight excluding hydrogens is 266 g/mol. The first kappa shape index (κ1) is 13.5. The zero-order valence-corrected chi connectivity index (χ0v) is 11.5. The van der Waals surface area contributed by atoms with Crippen LogP contribution < -0.4 is 5.32 Å². The second-order valence-electron chi connectivity index (χ2n) is 4.53. The van der Waals surface area contributed by atoms with Crippen molar-refractivity contribution >= 4 is 18.1 Å². The minimum absolute atomic E-state index is 0.182. The number of nitrogens with one attached hydrogen (secondary N) is 2. The zero-order chi connectivity index (χ0) is 13.8. The molecule has 0 unspecified atom stereocenters. The lowest BCUT2D eigenvalue weighted by atomic mass is 10.2. The topological polar surface area (TPSA) is 88.7 Å². The van der Waals surface area contributed by atoms with E-state index in [4.69, 9.17) is 16.6 Å². The summed E-state index contributed by atoms with van der Waals surface area (Å²) in [5.74, 6) is 0.594. The molecule has 0 radical (unpaired) electrons. The Morgan fingerprint density at radius 3 is 3.05 bits per heavy atom. The van der Waals surface area contributed by atoms with Crippen molar-refractivity contribution in [2.24, 2.45) is 5.92 Å². The first-order valence-electron chi connectivity index (χ1n) is 5.89. The van der Waals surface area contributed by atoms with Gasteiger partial charge in [0.1, 0.15) is 0 Å². The number of hydrogen-bond acceptors (Lipinski definition) is 5. The third-order valence-electron chi connectivity index (χ3n) is 2.33. The Morgan fingerprint density at radius 2 is 2.42 bits per heavy atom. The normalized spacial score (nSPS) is 10.9. The summed E-state index contributed by atoms with van der Waals surface area (Å²) in [5.41, 5.74) is 0.509. The van der Waals surface area contributed by atoms with Crippen molar-refractivity contribution in [2.45, 2.75) is 26.9 Å². The smallest absolute Gasteiger partial charge is 0.284 e. The van der Waals surface area contributed by atoms with Crippen LogP contribution in [0.4, 0.5) is 0 Å². The van der Waals surface area contributed by atoms with Gasteiger partial charge in [0, 0.05) is 12.7 Å². The first-order chi connectivity index (χ1) is 9.04. The lowest BCUT2D eigenvalue weighted by Gasteiger charge is -2.03. The number of aromatic amines is 1. The molecule has 2 aromatic heterocycles. The van der Waals surface area contributed by atoms with Crippen LogP contribution in [-0.2, 0) is 13.1 Å². The highest BCUT2D eigenvalue weighted by Gasteiger charge is 2.10. The molecule has 0 saturated carbocycles. The Morgan fingerprint density at radius 1 is 1.63 bits per heavy atom. The number of carbonyl (C=O) groups excluding carboxylic acids is 1. The summed E-state index contributed by atoms with van der Waals surface area (Å²) in [4.78, 5) is 12.0. The third-order valence-corrected chi connectivity index (χ3v) is 2.50. The molecule has 0 saturated heterocycles. The SMILES string of the molecule is CC(C)Cn1cc(C(=O)NCc2n[nH]c(=S)o2)cn1. The van der Waals surface area contributed by atoms with Gasteiger partial charge in [-0.2, -0.15) is 5.10 Å². The monoisotopic (exact) mass is 281 g/mol. The van der Waals surface area contributed by atoms with Gasteiger partial charge in [0.05, 0.1) is 18.3 Å². The van der Waals surface area contributed by atoms with Crippen molar-refractivity contribution in [1.29, 1.82) is 0 Å². The van der Waals surface area contributed by atoms with Gasteiger partial charge in [0.2, 0.25) is 5.89 Å². The predicted molar refractivity (Wildman–Crippen MR) is 69.9 cm³/mol. The lowest BCUT2D eigenvalue weighted by molar-refractivity contribution is 0.0947. The molecule has 2 N–H and O–H groups in total. The van der Waals surface area contributed by atoms with E-state index in [0.717, 1.165) is 6.54 Å². The molecule has 0 aromatic carbocycles. The number of hydrogen-bond donors (Lipinski definition) is 2. The molecule has 19 heavy (non-hydrogen) atoms. The number of H-pyrrole nitrogens is 1. The van der Waals surface area contributed by atoms with Crippen LogP contribution in [0.15, 0.2) is 16.8 Å². The first-order valence-corrected chi connectivity index (χ1v) is 6.30. The van der Waals surface area contributed by atoms with Crippen molar-refractivity contribution in [3.63, 3.8) is 0 Å². The van der Waals surface area contributed by atoms with Gasteiger partial charge in [-0.25, -0.2) is 5.10 Å². The summed E-state index contributed by atoms with van der Waals surface area (Å²) in [7, 11) is 0. The summed E-state index contributed by atoms with van der Waals surface area (Å²) < 4.78 is 6.79. The van der Waals surface area contributed by atoms with Crippen LogP contribution >= 0.6 is 12.2 Å². The molecule has 7 nitrogen and oxygen atoms in total. The highest BCUT2D eigenvalue weighted by Crippen LogP contribution is 2.02. The van der Waals surface area contributed by atoms with E-state index in [9.17, 15) is 4.79 Å². The lowest BCUT2D eigenvalue weighted by Crippen LogP contribution is -2.22. The van der Waals surface area contributed by atoms with Gasteiger partial charge in [-0.05, 0) is 18.1 Å². The number of amides is 1. The van der Waals surface area contributed by atoms with Crippen LogP contribution in [0.5, 0.6) is 0 Å². The molecule has 2 heterocycles. The Bertz CT molecular complexity index is 612. The average Bonchev–Trinajstić information content (AvgIpc) is 2.95. The second kappa shape index (κ2) is 5.79. The van der Waals surface area contributed by atoms with Crippen LogP contribution in [0.3, 0.4) is 0 Å². The molecule has 0 atom stereocenters. The van der Waals surface area contributed by atoms with Crippen LogP contribution in [-0.4, -0.2) is 25.9 Å². The molecule has 1 amide bonds. The van der Waals surface area contributed by atoms with E-state index in [1.165, 1.54) is 6.20 Å². The maximum atomic E-state index is 11.9. The maximum Gasteiger partial charge on any atom is 0.284 e. The quantitative estimate of drug-likeness (QED) is 0.811. The van der Waals surface area contributed by atoms with Crippen LogP contribution in [0, 0.1) is 10.8 Å². The minimum Gasteiger partial charge on any atom is -0.412 e. The van der Waals surface area contributed by atoms with Crippen LogP contribution in [0.1, 0.15) is 30.1 Å². The average molecular weight is 281 g/mol. The molecule has 0 aliphatic carbocycles. The second-order valence-corrected chi connectivity index (χ2v) is 4.91. The van der Waals surface area contributed by atoms with Crippen LogP contribution in [0.2, 0.25) is 0 Å². The molecule has 2 rings (SSSR count). The fraction of sp³-hybridized carbons (Fsp3) is 0.455. The largest absolute Gasteiger partial charge is 0.412 e. The van der Waals surface area contributed by atoms with Crippen LogP contribution in [0.25, 0.3) is 0 Å². The number of nitrogens with zero attached hydrogens (tertiary/aromatic N) is 3. The Hall–Kier alpha value is -1.96. The van der Waals surface area contributed by atoms with Crippen molar-refractivity contribution < 1.29 is 9.21 Å². The molecule has 0 aliphatic heterocycles. The maximum absolute atomic E-state index is 11.9. The van der Waals surface area contributed by atoms with E-state index < -0.39 is 0 Å². The third kappa shape index (κ3) is 3.75. The van der Waals surface area contributed by atoms with Gasteiger partial charge in [0.15, 0.2) is 0 Å². The fourth-order valence-electron chi connectivity index (χ4n) is 1.55. The molecule has 0 aliphatic rings. The molecule has 102 valence electrons.